The van der Waals surface area contributed by atoms with E-state index in [4.69, 9.17) is 10.2 Å². The van der Waals surface area contributed by atoms with Gasteiger partial charge < -0.3 is 31.3 Å². The van der Waals surface area contributed by atoms with Gasteiger partial charge in [0.25, 0.3) is 17.7 Å². The van der Waals surface area contributed by atoms with Crippen molar-refractivity contribution in [1.29, 1.82) is 0 Å². The molecule has 1 rings (SSSR count). The monoisotopic (exact) mass is 519 g/mol. The third-order valence-corrected chi connectivity index (χ3v) is 5.23. The topological polar surface area (TPSA) is 199 Å². The molecule has 0 radical (unpaired) electrons. The van der Waals surface area contributed by atoms with Crippen molar-refractivity contribution in [3.05, 3.63) is 34.9 Å². The van der Waals surface area contributed by atoms with Crippen molar-refractivity contribution >= 4 is 73.5 Å². The number of thiol groups is 3. The number of benzene rings is 1. The van der Waals surface area contributed by atoms with E-state index in [1.165, 1.54) is 6.07 Å². The highest BCUT2D eigenvalue weighted by Gasteiger charge is 2.30. The fraction of sp³-hybridized carbons (Fsp3) is 0.333. The van der Waals surface area contributed by atoms with Crippen molar-refractivity contribution in [2.24, 2.45) is 0 Å². The molecule has 3 amide bonds. The molecular weight excluding hydrogens is 498 g/mol. The lowest BCUT2D eigenvalue weighted by Gasteiger charge is -2.19. The lowest BCUT2D eigenvalue weighted by molar-refractivity contribution is -0.139. The molecule has 0 aliphatic carbocycles. The molecule has 15 heteroatoms. The molecule has 1 aromatic carbocycles. The maximum absolute atomic E-state index is 12.9. The first-order valence-electron chi connectivity index (χ1n) is 9.05. The molecule has 0 aliphatic heterocycles. The molecule has 0 heterocycles. The summed E-state index contributed by atoms with van der Waals surface area (Å²) in [4.78, 5) is 72.1. The fourth-order valence-electron chi connectivity index (χ4n) is 2.43. The zero-order valence-electron chi connectivity index (χ0n) is 16.7. The van der Waals surface area contributed by atoms with Crippen molar-refractivity contribution in [1.82, 2.24) is 16.0 Å². The number of carbonyl (C=O) groups is 6. The van der Waals surface area contributed by atoms with E-state index < -0.39 is 70.4 Å². The maximum Gasteiger partial charge on any atom is 0.327 e. The molecule has 0 aromatic heterocycles. The Bertz CT molecular complexity index is 903. The molecule has 0 saturated carbocycles. The molecule has 0 spiro atoms. The third kappa shape index (κ3) is 7.57. The standard InChI is InChI=1S/C18H21N3O9S3/c22-13(19-9(4-31)16(25)26)7-2-1-3-8(14(23)20-10(5-32)17(27)28)12(7)15(24)21-11(6-33)18(29)30/h1-3,9-11,31-33H,4-6H2,(H,19,22)(H,20,23)(H,21,24)(H,25,26)(H,27,28)(H,29,30). The fourth-order valence-corrected chi connectivity index (χ4v) is 3.18. The lowest BCUT2D eigenvalue weighted by Crippen LogP contribution is -2.46. The number of carbonyl (C=O) groups excluding carboxylic acids is 3. The van der Waals surface area contributed by atoms with Crippen LogP contribution in [0.2, 0.25) is 0 Å². The van der Waals surface area contributed by atoms with Crippen LogP contribution in [0.5, 0.6) is 0 Å². The van der Waals surface area contributed by atoms with Gasteiger partial charge in [-0.1, -0.05) is 6.07 Å². The predicted octanol–water partition coefficient (Wildman–Crippen LogP) is -0.975. The second-order valence-electron chi connectivity index (χ2n) is 6.37. The first-order valence-corrected chi connectivity index (χ1v) is 10.9. The van der Waals surface area contributed by atoms with Crippen molar-refractivity contribution in [3.63, 3.8) is 0 Å². The van der Waals surface area contributed by atoms with Crippen LogP contribution in [0, 0.1) is 0 Å². The maximum atomic E-state index is 12.9. The number of rotatable bonds is 12. The second kappa shape index (κ2) is 13.0. The van der Waals surface area contributed by atoms with Gasteiger partial charge in [0.15, 0.2) is 0 Å². The molecule has 3 atom stereocenters. The minimum Gasteiger partial charge on any atom is -0.480 e. The SMILES string of the molecule is O=C(NC(CS)C(=O)O)c1cccc(C(=O)NC(CS)C(=O)O)c1C(=O)NC(CS)C(=O)O. The molecule has 0 fully saturated rings. The predicted molar refractivity (Wildman–Crippen MR) is 125 cm³/mol. The van der Waals surface area contributed by atoms with Crippen LogP contribution in [0.4, 0.5) is 0 Å². The van der Waals surface area contributed by atoms with Gasteiger partial charge in [-0.3, -0.25) is 14.4 Å². The Hall–Kier alpha value is -2.91. The summed E-state index contributed by atoms with van der Waals surface area (Å²) < 4.78 is 0. The number of hydrogen-bond donors (Lipinski definition) is 9. The zero-order valence-corrected chi connectivity index (χ0v) is 19.4. The van der Waals surface area contributed by atoms with Gasteiger partial charge in [-0.2, -0.15) is 37.9 Å². The number of amides is 3. The molecule has 0 saturated heterocycles. The van der Waals surface area contributed by atoms with Gasteiger partial charge >= 0.3 is 17.9 Å². The Labute approximate surface area is 203 Å². The normalized spacial score (nSPS) is 13.2. The van der Waals surface area contributed by atoms with Crippen LogP contribution in [0.1, 0.15) is 31.1 Å². The van der Waals surface area contributed by atoms with E-state index >= 15 is 0 Å². The van der Waals surface area contributed by atoms with Gasteiger partial charge in [0.2, 0.25) is 0 Å². The highest BCUT2D eigenvalue weighted by molar-refractivity contribution is 7.80. The van der Waals surface area contributed by atoms with E-state index in [2.05, 4.69) is 53.8 Å². The summed E-state index contributed by atoms with van der Waals surface area (Å²) in [5.41, 5.74) is -1.49. The molecule has 180 valence electrons. The Kier molecular flexibility index (Phi) is 11.0. The first kappa shape index (κ1) is 28.1. The Balaban J connectivity index is 3.54. The summed E-state index contributed by atoms with van der Waals surface area (Å²) in [6.07, 6.45) is 0. The molecule has 12 nitrogen and oxygen atoms in total. The van der Waals surface area contributed by atoms with Crippen molar-refractivity contribution in [2.75, 3.05) is 17.3 Å². The molecule has 3 unspecified atom stereocenters. The summed E-state index contributed by atoms with van der Waals surface area (Å²) >= 11 is 11.5. The van der Waals surface area contributed by atoms with Gasteiger partial charge in [-0.05, 0) is 12.1 Å². The summed E-state index contributed by atoms with van der Waals surface area (Å²) in [6.45, 7) is 0. The molecule has 0 bridgehead atoms. The summed E-state index contributed by atoms with van der Waals surface area (Å²) in [5, 5.41) is 33.8. The van der Waals surface area contributed by atoms with Crippen molar-refractivity contribution in [3.8, 4) is 0 Å². The smallest absolute Gasteiger partial charge is 0.327 e. The van der Waals surface area contributed by atoms with Gasteiger partial charge in [-0.25, -0.2) is 14.4 Å². The Morgan fingerprint density at radius 1 is 0.636 bits per heavy atom. The van der Waals surface area contributed by atoms with Crippen molar-refractivity contribution < 1.29 is 44.1 Å². The summed E-state index contributed by atoms with van der Waals surface area (Å²) in [5.74, 6) is -8.41. The highest BCUT2D eigenvalue weighted by Crippen LogP contribution is 2.17. The third-order valence-electron chi connectivity index (χ3n) is 4.14. The average Bonchev–Trinajstić information content (AvgIpc) is 2.77. The van der Waals surface area contributed by atoms with E-state index in [0.29, 0.717) is 0 Å². The van der Waals surface area contributed by atoms with Gasteiger partial charge in [0.05, 0.1) is 16.7 Å². The Morgan fingerprint density at radius 3 is 1.21 bits per heavy atom. The molecule has 0 aliphatic rings. The Morgan fingerprint density at radius 2 is 0.939 bits per heavy atom. The molecular formula is C18H21N3O9S3. The van der Waals surface area contributed by atoms with Gasteiger partial charge in [0.1, 0.15) is 18.1 Å². The number of hydrogen-bond acceptors (Lipinski definition) is 9. The van der Waals surface area contributed by atoms with Crippen LogP contribution >= 0.6 is 37.9 Å². The minimum absolute atomic E-state index is 0.286. The van der Waals surface area contributed by atoms with Crippen LogP contribution in [0.3, 0.4) is 0 Å². The second-order valence-corrected chi connectivity index (χ2v) is 7.46. The van der Waals surface area contributed by atoms with Gasteiger partial charge in [-0.15, -0.1) is 0 Å². The van der Waals surface area contributed by atoms with Crippen LogP contribution in [0.25, 0.3) is 0 Å². The van der Waals surface area contributed by atoms with E-state index in [0.717, 1.165) is 12.1 Å². The van der Waals surface area contributed by atoms with Crippen LogP contribution in [0.15, 0.2) is 18.2 Å². The van der Waals surface area contributed by atoms with E-state index in [-0.39, 0.29) is 17.3 Å². The summed E-state index contributed by atoms with van der Waals surface area (Å²) in [6, 6.07) is -0.912. The molecule has 1 aromatic rings. The van der Waals surface area contributed by atoms with Crippen LogP contribution in [-0.4, -0.2) is 86.3 Å². The van der Waals surface area contributed by atoms with E-state index in [9.17, 15) is 33.9 Å². The van der Waals surface area contributed by atoms with E-state index in [1.54, 1.807) is 0 Å². The molecule has 6 N–H and O–H groups in total. The number of carboxylic acid groups (broad SMARTS) is 3. The quantitative estimate of drug-likeness (QED) is 0.156. The highest BCUT2D eigenvalue weighted by atomic mass is 32.1. The number of aliphatic carboxylic acids is 3. The largest absolute Gasteiger partial charge is 0.480 e. The minimum atomic E-state index is -1.48. The summed E-state index contributed by atoms with van der Waals surface area (Å²) in [7, 11) is 0. The van der Waals surface area contributed by atoms with Crippen LogP contribution < -0.4 is 16.0 Å². The molecule has 33 heavy (non-hydrogen) atoms. The lowest BCUT2D eigenvalue weighted by atomic mass is 9.98. The van der Waals surface area contributed by atoms with Crippen molar-refractivity contribution in [2.45, 2.75) is 18.1 Å². The number of nitrogens with one attached hydrogen (secondary N) is 3. The van der Waals surface area contributed by atoms with Gasteiger partial charge in [0, 0.05) is 17.3 Å². The number of carboxylic acids is 3. The van der Waals surface area contributed by atoms with Crippen LogP contribution in [-0.2, 0) is 14.4 Å². The zero-order chi connectivity index (χ0) is 25.3. The first-order chi connectivity index (χ1) is 15.5. The van der Waals surface area contributed by atoms with E-state index in [1.807, 2.05) is 0 Å². The average molecular weight is 520 g/mol.